The predicted octanol–water partition coefficient (Wildman–Crippen LogP) is -0.674. The molecule has 0 saturated carbocycles. The van der Waals surface area contributed by atoms with Gasteiger partial charge in [0.2, 0.25) is 11.8 Å². The fraction of sp³-hybridized carbons (Fsp3) is 0.467. The van der Waals surface area contributed by atoms with Crippen LogP contribution < -0.4 is 0 Å². The molecule has 0 aliphatic heterocycles. The van der Waals surface area contributed by atoms with E-state index in [1.165, 1.54) is 9.80 Å². The number of hydrogen-bond donors (Lipinski definition) is 3. The molecule has 0 aromatic heterocycles. The molecule has 0 unspecified atom stereocenters. The lowest BCUT2D eigenvalue weighted by Gasteiger charge is -2.27. The van der Waals surface area contributed by atoms with Crippen LogP contribution in [0.5, 0.6) is 0 Å². The van der Waals surface area contributed by atoms with Crippen molar-refractivity contribution in [3.63, 3.8) is 0 Å². The number of amides is 2. The van der Waals surface area contributed by atoms with Gasteiger partial charge in [0.25, 0.3) is 0 Å². The molecule has 0 saturated heterocycles. The third kappa shape index (κ3) is 8.69. The minimum Gasteiger partial charge on any atom is -0.478 e. The molecule has 0 radical (unpaired) electrons. The smallest absolute Gasteiger partial charge is 0.328 e. The first-order valence-corrected chi connectivity index (χ1v) is 7.29. The maximum Gasteiger partial charge on any atom is 0.328 e. The van der Waals surface area contributed by atoms with Crippen LogP contribution in [0, 0.1) is 0 Å². The van der Waals surface area contributed by atoms with Crippen LogP contribution >= 0.6 is 0 Å². The van der Waals surface area contributed by atoms with E-state index >= 15 is 0 Å². The highest BCUT2D eigenvalue weighted by Gasteiger charge is 2.18. The highest BCUT2D eigenvalue weighted by Crippen LogP contribution is 2.00. The summed E-state index contributed by atoms with van der Waals surface area (Å²) in [5.41, 5.74) is 0. The topological polar surface area (TPSA) is 135 Å². The van der Waals surface area contributed by atoms with Gasteiger partial charge in [0.15, 0.2) is 0 Å². The molecule has 0 spiro atoms. The Bertz CT molecular complexity index is 482. The van der Waals surface area contributed by atoms with Crippen LogP contribution in [-0.4, -0.2) is 81.2 Å². The van der Waals surface area contributed by atoms with E-state index in [1.54, 1.807) is 13.8 Å². The lowest BCUT2D eigenvalue weighted by atomic mass is 10.2. The van der Waals surface area contributed by atoms with Crippen LogP contribution in [0.2, 0.25) is 0 Å². The van der Waals surface area contributed by atoms with Crippen LogP contribution in [-0.2, 0) is 19.2 Å². The molecule has 0 aliphatic rings. The Morgan fingerprint density at radius 2 is 1.12 bits per heavy atom. The van der Waals surface area contributed by atoms with Gasteiger partial charge in [-0.25, -0.2) is 9.59 Å². The number of rotatable bonds is 10. The second-order valence-corrected chi connectivity index (χ2v) is 4.75. The molecule has 3 N–H and O–H groups in total. The molecule has 0 rings (SSSR count). The molecule has 0 aromatic carbocycles. The van der Waals surface area contributed by atoms with E-state index in [0.717, 1.165) is 12.2 Å². The van der Waals surface area contributed by atoms with Gasteiger partial charge in [-0.2, -0.15) is 0 Å². The third-order valence-corrected chi connectivity index (χ3v) is 2.99. The van der Waals surface area contributed by atoms with Crippen molar-refractivity contribution < 1.29 is 34.5 Å². The van der Waals surface area contributed by atoms with Crippen molar-refractivity contribution in [2.24, 2.45) is 0 Å². The summed E-state index contributed by atoms with van der Waals surface area (Å²) < 4.78 is 0. The van der Waals surface area contributed by atoms with Crippen molar-refractivity contribution in [1.82, 2.24) is 9.80 Å². The van der Waals surface area contributed by atoms with Crippen LogP contribution in [0.15, 0.2) is 24.3 Å². The summed E-state index contributed by atoms with van der Waals surface area (Å²) in [4.78, 5) is 46.9. The van der Waals surface area contributed by atoms with Gasteiger partial charge >= 0.3 is 11.9 Å². The first-order chi connectivity index (χ1) is 11.2. The van der Waals surface area contributed by atoms with Gasteiger partial charge in [0, 0.05) is 50.5 Å². The van der Waals surface area contributed by atoms with Crippen molar-refractivity contribution in [3.05, 3.63) is 24.3 Å². The van der Waals surface area contributed by atoms with Crippen LogP contribution in [0.4, 0.5) is 0 Å². The maximum atomic E-state index is 11.8. The predicted molar refractivity (Wildman–Crippen MR) is 84.1 cm³/mol. The molecule has 9 nitrogen and oxygen atoms in total. The zero-order chi connectivity index (χ0) is 18.7. The largest absolute Gasteiger partial charge is 0.478 e. The lowest BCUT2D eigenvalue weighted by Crippen LogP contribution is -2.43. The first kappa shape index (κ1) is 21.3. The Hall–Kier alpha value is -2.68. The van der Waals surface area contributed by atoms with Gasteiger partial charge in [-0.05, 0) is 13.8 Å². The maximum absolute atomic E-state index is 11.8. The van der Waals surface area contributed by atoms with E-state index in [1.807, 2.05) is 0 Å². The molecule has 24 heavy (non-hydrogen) atoms. The number of likely N-dealkylation sites (N-methyl/N-ethyl adjacent to an activating group) is 2. The summed E-state index contributed by atoms with van der Waals surface area (Å²) in [5, 5.41) is 27.0. The molecule has 0 aliphatic carbocycles. The van der Waals surface area contributed by atoms with Crippen LogP contribution in [0.25, 0.3) is 0 Å². The summed E-state index contributed by atoms with van der Waals surface area (Å²) in [7, 11) is 0. The summed E-state index contributed by atoms with van der Waals surface area (Å²) in [5.74, 6) is -3.65. The summed E-state index contributed by atoms with van der Waals surface area (Å²) in [6.07, 6.45) is 2.12. The Kier molecular flexibility index (Phi) is 9.73. The molecular weight excluding hydrogens is 320 g/mol. The molecule has 0 fully saturated rings. The number of aliphatic hydroxyl groups excluding tert-OH is 1. The molecule has 9 heteroatoms. The number of aliphatic carboxylic acids is 2. The molecule has 0 bridgehead atoms. The summed E-state index contributed by atoms with van der Waals surface area (Å²) in [6.45, 7) is 3.64. The highest BCUT2D eigenvalue weighted by atomic mass is 16.4. The Labute approximate surface area is 139 Å². The zero-order valence-corrected chi connectivity index (χ0v) is 13.6. The monoisotopic (exact) mass is 342 g/mol. The van der Waals surface area contributed by atoms with Gasteiger partial charge in [-0.3, -0.25) is 9.59 Å². The fourth-order valence-electron chi connectivity index (χ4n) is 1.81. The van der Waals surface area contributed by atoms with E-state index in [9.17, 15) is 24.3 Å². The SMILES string of the molecule is CCN(CC(O)CN(CC)C(=O)/C=C\C(=O)O)C(=O)/C=C\C(=O)O. The second kappa shape index (κ2) is 10.9. The first-order valence-electron chi connectivity index (χ1n) is 7.29. The summed E-state index contributed by atoms with van der Waals surface area (Å²) >= 11 is 0. The number of hydrogen-bond acceptors (Lipinski definition) is 5. The third-order valence-electron chi connectivity index (χ3n) is 2.99. The fourth-order valence-corrected chi connectivity index (χ4v) is 1.81. The van der Waals surface area contributed by atoms with E-state index < -0.39 is 29.9 Å². The van der Waals surface area contributed by atoms with Crippen LogP contribution in [0.3, 0.4) is 0 Å². The minimum absolute atomic E-state index is 0.0916. The van der Waals surface area contributed by atoms with Crippen molar-refractivity contribution in [3.8, 4) is 0 Å². The molecule has 134 valence electrons. The number of aliphatic hydroxyl groups is 1. The van der Waals surface area contributed by atoms with Crippen LogP contribution in [0.1, 0.15) is 13.8 Å². The van der Waals surface area contributed by atoms with Gasteiger partial charge < -0.3 is 25.1 Å². The van der Waals surface area contributed by atoms with Crippen molar-refractivity contribution in [2.45, 2.75) is 20.0 Å². The molecule has 0 aromatic rings. The van der Waals surface area contributed by atoms with Gasteiger partial charge in [0.1, 0.15) is 0 Å². The number of carbonyl (C=O) groups is 4. The Balaban J connectivity index is 4.73. The number of carboxylic acid groups (broad SMARTS) is 2. The van der Waals surface area contributed by atoms with Gasteiger partial charge in [-0.15, -0.1) is 0 Å². The van der Waals surface area contributed by atoms with Gasteiger partial charge in [0.05, 0.1) is 6.10 Å². The van der Waals surface area contributed by atoms with E-state index in [2.05, 4.69) is 0 Å². The van der Waals surface area contributed by atoms with E-state index in [-0.39, 0.29) is 26.2 Å². The Morgan fingerprint density at radius 3 is 1.38 bits per heavy atom. The van der Waals surface area contributed by atoms with Crippen molar-refractivity contribution >= 4 is 23.8 Å². The number of nitrogens with zero attached hydrogens (tertiary/aromatic N) is 2. The normalized spacial score (nSPS) is 11.2. The van der Waals surface area contributed by atoms with E-state index in [4.69, 9.17) is 10.2 Å². The molecule has 0 heterocycles. The van der Waals surface area contributed by atoms with E-state index in [0.29, 0.717) is 12.2 Å². The highest BCUT2D eigenvalue weighted by molar-refractivity contribution is 5.94. The standard InChI is InChI=1S/C15H22N2O7/c1-3-16(12(19)5-7-14(21)22)9-11(18)10-17(4-2)13(20)6-8-15(23)24/h5-8,11,18H,3-4,9-10H2,1-2H3,(H,21,22)(H,23,24)/b7-5-,8-6-. The molecular formula is C15H22N2O7. The average molecular weight is 342 g/mol. The molecule has 0 atom stereocenters. The lowest BCUT2D eigenvalue weighted by molar-refractivity contribution is -0.133. The zero-order valence-electron chi connectivity index (χ0n) is 13.6. The van der Waals surface area contributed by atoms with Crippen molar-refractivity contribution in [2.75, 3.05) is 26.2 Å². The average Bonchev–Trinajstić information content (AvgIpc) is 2.52. The van der Waals surface area contributed by atoms with Crippen molar-refractivity contribution in [1.29, 1.82) is 0 Å². The van der Waals surface area contributed by atoms with Gasteiger partial charge in [-0.1, -0.05) is 0 Å². The summed E-state index contributed by atoms with van der Waals surface area (Å²) in [6, 6.07) is 0. The molecule has 2 amide bonds. The number of carboxylic acids is 2. The Morgan fingerprint density at radius 1 is 0.792 bits per heavy atom. The minimum atomic E-state index is -1.26. The second-order valence-electron chi connectivity index (χ2n) is 4.75. The number of carbonyl (C=O) groups excluding carboxylic acids is 2. The quantitative estimate of drug-likeness (QED) is 0.448.